The van der Waals surface area contributed by atoms with Crippen LogP contribution in [0.5, 0.6) is 0 Å². The molecule has 4 nitrogen and oxygen atoms in total. The Kier molecular flexibility index (Phi) is 6.27. The minimum atomic E-state index is 0.770. The van der Waals surface area contributed by atoms with E-state index in [0.29, 0.717) is 0 Å². The largest absolute Gasteiger partial charge is 0.356 e. The first-order valence-electron chi connectivity index (χ1n) is 8.57. The molecule has 1 atom stereocenters. The lowest BCUT2D eigenvalue weighted by Crippen LogP contribution is -2.26. The van der Waals surface area contributed by atoms with Crippen molar-refractivity contribution in [3.05, 3.63) is 11.8 Å². The van der Waals surface area contributed by atoms with E-state index >= 15 is 0 Å². The van der Waals surface area contributed by atoms with Crippen LogP contribution in [0.15, 0.2) is 6.20 Å². The Morgan fingerprint density at radius 3 is 2.86 bits per heavy atom. The Morgan fingerprint density at radius 2 is 2.10 bits per heavy atom. The SMILES string of the molecule is CCCNc1ncc(C)c(N2CCCC(CCC)CC2)n1. The lowest BCUT2D eigenvalue weighted by atomic mass is 9.96. The molecule has 1 N–H and O–H groups in total. The molecular weight excluding hydrogens is 260 g/mol. The first-order valence-corrected chi connectivity index (χ1v) is 8.57. The predicted octanol–water partition coefficient (Wildman–Crippen LogP) is 4.01. The number of aryl methyl sites for hydroxylation is 1. The van der Waals surface area contributed by atoms with Gasteiger partial charge >= 0.3 is 0 Å². The summed E-state index contributed by atoms with van der Waals surface area (Å²) in [6.45, 7) is 9.77. The van der Waals surface area contributed by atoms with Crippen LogP contribution in [0.25, 0.3) is 0 Å². The summed E-state index contributed by atoms with van der Waals surface area (Å²) in [6, 6.07) is 0. The van der Waals surface area contributed by atoms with Crippen molar-refractivity contribution in [2.24, 2.45) is 5.92 Å². The van der Waals surface area contributed by atoms with Gasteiger partial charge in [0, 0.05) is 31.4 Å². The van der Waals surface area contributed by atoms with Gasteiger partial charge in [-0.1, -0.05) is 26.7 Å². The highest BCUT2D eigenvalue weighted by Gasteiger charge is 2.19. The van der Waals surface area contributed by atoms with E-state index in [1.807, 2.05) is 6.20 Å². The van der Waals surface area contributed by atoms with E-state index in [1.165, 1.54) is 37.7 Å². The zero-order chi connectivity index (χ0) is 15.1. The number of anilines is 2. The van der Waals surface area contributed by atoms with Gasteiger partial charge < -0.3 is 10.2 Å². The lowest BCUT2D eigenvalue weighted by molar-refractivity contribution is 0.435. The van der Waals surface area contributed by atoms with Crippen LogP contribution < -0.4 is 10.2 Å². The minimum absolute atomic E-state index is 0.770. The van der Waals surface area contributed by atoms with E-state index in [-0.39, 0.29) is 0 Å². The van der Waals surface area contributed by atoms with Crippen molar-refractivity contribution in [1.29, 1.82) is 0 Å². The zero-order valence-corrected chi connectivity index (χ0v) is 13.9. The van der Waals surface area contributed by atoms with Crippen molar-refractivity contribution in [2.45, 2.75) is 59.3 Å². The highest BCUT2D eigenvalue weighted by atomic mass is 15.2. The van der Waals surface area contributed by atoms with Gasteiger partial charge in [-0.2, -0.15) is 4.98 Å². The second kappa shape index (κ2) is 8.20. The van der Waals surface area contributed by atoms with Crippen LogP contribution in [0.4, 0.5) is 11.8 Å². The molecule has 0 radical (unpaired) electrons. The molecule has 0 amide bonds. The standard InChI is InChI=1S/C17H30N4/c1-4-7-15-8-6-11-21(12-9-15)16-14(3)13-19-17(20-16)18-10-5-2/h13,15H,4-12H2,1-3H3,(H,18,19,20). The maximum absolute atomic E-state index is 4.75. The fourth-order valence-electron chi connectivity index (χ4n) is 3.15. The van der Waals surface area contributed by atoms with E-state index < -0.39 is 0 Å². The molecule has 1 aliphatic heterocycles. The van der Waals surface area contributed by atoms with Crippen molar-refractivity contribution < 1.29 is 0 Å². The van der Waals surface area contributed by atoms with E-state index in [4.69, 9.17) is 4.98 Å². The molecule has 1 unspecified atom stereocenters. The molecule has 1 saturated heterocycles. The maximum Gasteiger partial charge on any atom is 0.224 e. The van der Waals surface area contributed by atoms with Gasteiger partial charge in [0.2, 0.25) is 5.95 Å². The minimum Gasteiger partial charge on any atom is -0.356 e. The fraction of sp³-hybridized carbons (Fsp3) is 0.765. The van der Waals surface area contributed by atoms with Gasteiger partial charge in [0.05, 0.1) is 0 Å². The smallest absolute Gasteiger partial charge is 0.224 e. The van der Waals surface area contributed by atoms with Crippen molar-refractivity contribution in [2.75, 3.05) is 29.9 Å². The molecule has 0 saturated carbocycles. The summed E-state index contributed by atoms with van der Waals surface area (Å²) in [5, 5.41) is 3.30. The Labute approximate surface area is 129 Å². The first-order chi connectivity index (χ1) is 10.2. The number of hydrogen-bond acceptors (Lipinski definition) is 4. The maximum atomic E-state index is 4.75. The van der Waals surface area contributed by atoms with Gasteiger partial charge in [0.15, 0.2) is 0 Å². The predicted molar refractivity (Wildman–Crippen MR) is 90.0 cm³/mol. The Bertz CT molecular complexity index is 433. The van der Waals surface area contributed by atoms with Crippen LogP contribution in [-0.4, -0.2) is 29.6 Å². The molecular formula is C17H30N4. The number of aromatic nitrogens is 2. The highest BCUT2D eigenvalue weighted by Crippen LogP contribution is 2.26. The number of nitrogens with zero attached hydrogens (tertiary/aromatic N) is 3. The van der Waals surface area contributed by atoms with Crippen molar-refractivity contribution >= 4 is 11.8 Å². The summed E-state index contributed by atoms with van der Waals surface area (Å²) in [7, 11) is 0. The normalized spacial score (nSPS) is 19.4. The molecule has 4 heteroatoms. The first kappa shape index (κ1) is 16.1. The molecule has 2 rings (SSSR count). The van der Waals surface area contributed by atoms with E-state index in [2.05, 4.69) is 36.0 Å². The highest BCUT2D eigenvalue weighted by molar-refractivity contribution is 5.49. The molecule has 0 aliphatic carbocycles. The van der Waals surface area contributed by atoms with Gasteiger partial charge in [-0.3, -0.25) is 0 Å². The van der Waals surface area contributed by atoms with Crippen LogP contribution in [0.2, 0.25) is 0 Å². The number of nitrogens with one attached hydrogen (secondary N) is 1. The lowest BCUT2D eigenvalue weighted by Gasteiger charge is -2.24. The van der Waals surface area contributed by atoms with Crippen LogP contribution in [-0.2, 0) is 0 Å². The zero-order valence-electron chi connectivity index (χ0n) is 13.9. The van der Waals surface area contributed by atoms with Crippen molar-refractivity contribution in [3.8, 4) is 0 Å². The number of rotatable bonds is 6. The summed E-state index contributed by atoms with van der Waals surface area (Å²) in [5.41, 5.74) is 1.19. The summed E-state index contributed by atoms with van der Waals surface area (Å²) in [4.78, 5) is 11.6. The van der Waals surface area contributed by atoms with Gasteiger partial charge in [-0.25, -0.2) is 4.98 Å². The molecule has 2 heterocycles. The van der Waals surface area contributed by atoms with E-state index in [1.54, 1.807) is 0 Å². The average molecular weight is 290 g/mol. The molecule has 1 aromatic heterocycles. The second-order valence-electron chi connectivity index (χ2n) is 6.20. The third-order valence-corrected chi connectivity index (χ3v) is 4.32. The summed E-state index contributed by atoms with van der Waals surface area (Å²) < 4.78 is 0. The Hall–Kier alpha value is -1.32. The Balaban J connectivity index is 2.05. The van der Waals surface area contributed by atoms with Gasteiger partial charge in [-0.05, 0) is 38.5 Å². The van der Waals surface area contributed by atoms with Crippen LogP contribution in [0, 0.1) is 12.8 Å². The molecule has 1 aliphatic rings. The monoisotopic (exact) mass is 290 g/mol. The van der Waals surface area contributed by atoms with Crippen molar-refractivity contribution in [1.82, 2.24) is 9.97 Å². The molecule has 0 spiro atoms. The van der Waals surface area contributed by atoms with Gasteiger partial charge in [0.1, 0.15) is 5.82 Å². The molecule has 21 heavy (non-hydrogen) atoms. The van der Waals surface area contributed by atoms with Crippen LogP contribution in [0.1, 0.15) is 57.9 Å². The topological polar surface area (TPSA) is 41.1 Å². The van der Waals surface area contributed by atoms with E-state index in [9.17, 15) is 0 Å². The third kappa shape index (κ3) is 4.58. The fourth-order valence-corrected chi connectivity index (χ4v) is 3.15. The molecule has 1 aromatic rings. The van der Waals surface area contributed by atoms with Gasteiger partial charge in [-0.15, -0.1) is 0 Å². The summed E-state index contributed by atoms with van der Waals surface area (Å²) >= 11 is 0. The second-order valence-corrected chi connectivity index (χ2v) is 6.20. The average Bonchev–Trinajstić information content (AvgIpc) is 2.72. The molecule has 0 aromatic carbocycles. The quantitative estimate of drug-likeness (QED) is 0.859. The summed E-state index contributed by atoms with van der Waals surface area (Å²) in [6.07, 6.45) is 9.68. The van der Waals surface area contributed by atoms with Gasteiger partial charge in [0.25, 0.3) is 0 Å². The molecule has 0 bridgehead atoms. The third-order valence-electron chi connectivity index (χ3n) is 4.32. The molecule has 1 fully saturated rings. The van der Waals surface area contributed by atoms with Crippen LogP contribution >= 0.6 is 0 Å². The van der Waals surface area contributed by atoms with E-state index in [0.717, 1.165) is 43.7 Å². The van der Waals surface area contributed by atoms with Crippen LogP contribution in [0.3, 0.4) is 0 Å². The van der Waals surface area contributed by atoms with Crippen molar-refractivity contribution in [3.63, 3.8) is 0 Å². The summed E-state index contributed by atoms with van der Waals surface area (Å²) in [5.74, 6) is 2.80. The number of hydrogen-bond donors (Lipinski definition) is 1. The molecule has 118 valence electrons. The Morgan fingerprint density at radius 1 is 1.24 bits per heavy atom.